The van der Waals surface area contributed by atoms with Crippen LogP contribution in [-0.4, -0.2) is 11.2 Å². The standard InChI is InChI=1S/C9H18O/c1-8(2)6-5-7(10)9(8,3)4/h7,10H,5-6H2,1-4H3. The van der Waals surface area contributed by atoms with E-state index in [4.69, 9.17) is 0 Å². The summed E-state index contributed by atoms with van der Waals surface area (Å²) in [5, 5.41) is 9.59. The van der Waals surface area contributed by atoms with Crippen LogP contribution in [-0.2, 0) is 0 Å². The molecule has 1 atom stereocenters. The first kappa shape index (κ1) is 8.06. The summed E-state index contributed by atoms with van der Waals surface area (Å²) in [6.45, 7) is 8.79. The Morgan fingerprint density at radius 2 is 1.70 bits per heavy atom. The first-order valence-electron chi connectivity index (χ1n) is 4.06. The summed E-state index contributed by atoms with van der Waals surface area (Å²) in [6.07, 6.45) is 2.03. The fourth-order valence-corrected chi connectivity index (χ4v) is 1.63. The van der Waals surface area contributed by atoms with Gasteiger partial charge in [0.25, 0.3) is 0 Å². The van der Waals surface area contributed by atoms with Gasteiger partial charge in [-0.2, -0.15) is 0 Å². The molecule has 1 aliphatic carbocycles. The van der Waals surface area contributed by atoms with Gasteiger partial charge in [-0.3, -0.25) is 0 Å². The van der Waals surface area contributed by atoms with Gasteiger partial charge in [0.2, 0.25) is 0 Å². The molecular weight excluding hydrogens is 124 g/mol. The monoisotopic (exact) mass is 142 g/mol. The van der Waals surface area contributed by atoms with E-state index < -0.39 is 0 Å². The molecule has 60 valence electrons. The van der Waals surface area contributed by atoms with Crippen molar-refractivity contribution >= 4 is 0 Å². The molecular formula is C9H18O. The molecule has 0 spiro atoms. The summed E-state index contributed by atoms with van der Waals surface area (Å²) in [4.78, 5) is 0. The fourth-order valence-electron chi connectivity index (χ4n) is 1.63. The highest BCUT2D eigenvalue weighted by Crippen LogP contribution is 2.51. The van der Waals surface area contributed by atoms with Gasteiger partial charge in [-0.05, 0) is 23.7 Å². The lowest BCUT2D eigenvalue weighted by Gasteiger charge is -2.36. The zero-order valence-electron chi connectivity index (χ0n) is 7.44. The van der Waals surface area contributed by atoms with Crippen LogP contribution in [0.4, 0.5) is 0 Å². The van der Waals surface area contributed by atoms with Crippen molar-refractivity contribution in [2.75, 3.05) is 0 Å². The van der Waals surface area contributed by atoms with Crippen LogP contribution in [0.25, 0.3) is 0 Å². The predicted molar refractivity (Wildman–Crippen MR) is 42.8 cm³/mol. The molecule has 10 heavy (non-hydrogen) atoms. The Balaban J connectivity index is 2.84. The molecule has 0 bridgehead atoms. The Morgan fingerprint density at radius 3 is 1.80 bits per heavy atom. The predicted octanol–water partition coefficient (Wildman–Crippen LogP) is 2.19. The molecule has 1 aliphatic rings. The molecule has 1 rings (SSSR count). The number of aliphatic hydroxyl groups is 1. The van der Waals surface area contributed by atoms with Crippen LogP contribution in [0.1, 0.15) is 40.5 Å². The summed E-state index contributed by atoms with van der Waals surface area (Å²) < 4.78 is 0. The zero-order chi connectivity index (χ0) is 7.99. The van der Waals surface area contributed by atoms with Gasteiger partial charge < -0.3 is 5.11 Å². The normalized spacial score (nSPS) is 36.3. The molecule has 1 nitrogen and oxygen atoms in total. The van der Waals surface area contributed by atoms with E-state index in [0.29, 0.717) is 5.41 Å². The van der Waals surface area contributed by atoms with E-state index >= 15 is 0 Å². The maximum absolute atomic E-state index is 9.59. The molecule has 0 saturated heterocycles. The second kappa shape index (κ2) is 1.97. The summed E-state index contributed by atoms with van der Waals surface area (Å²) >= 11 is 0. The highest BCUT2D eigenvalue weighted by atomic mass is 16.3. The van der Waals surface area contributed by atoms with Crippen molar-refractivity contribution in [2.45, 2.75) is 46.6 Å². The van der Waals surface area contributed by atoms with Crippen molar-refractivity contribution < 1.29 is 5.11 Å². The van der Waals surface area contributed by atoms with Crippen molar-refractivity contribution in [3.63, 3.8) is 0 Å². The van der Waals surface area contributed by atoms with E-state index in [1.807, 2.05) is 0 Å². The largest absolute Gasteiger partial charge is 0.393 e. The molecule has 0 aromatic rings. The summed E-state index contributed by atoms with van der Waals surface area (Å²) in [6, 6.07) is 0. The Kier molecular flexibility index (Phi) is 1.59. The van der Waals surface area contributed by atoms with E-state index in [1.54, 1.807) is 0 Å². The summed E-state index contributed by atoms with van der Waals surface area (Å²) in [5.74, 6) is 0. The smallest absolute Gasteiger partial charge is 0.0596 e. The average Bonchev–Trinajstić information content (AvgIpc) is 1.94. The third kappa shape index (κ3) is 0.878. The summed E-state index contributed by atoms with van der Waals surface area (Å²) in [7, 11) is 0. The second-order valence-corrected chi connectivity index (χ2v) is 4.66. The highest BCUT2D eigenvalue weighted by molar-refractivity contribution is 4.97. The molecule has 0 radical (unpaired) electrons. The van der Waals surface area contributed by atoms with Crippen LogP contribution < -0.4 is 0 Å². The molecule has 0 aliphatic heterocycles. The van der Waals surface area contributed by atoms with Crippen molar-refractivity contribution in [3.8, 4) is 0 Å². The number of rotatable bonds is 0. The number of hydrogen-bond donors (Lipinski definition) is 1. The highest BCUT2D eigenvalue weighted by Gasteiger charge is 2.47. The van der Waals surface area contributed by atoms with Gasteiger partial charge in [0.15, 0.2) is 0 Å². The second-order valence-electron chi connectivity index (χ2n) is 4.66. The van der Waals surface area contributed by atoms with E-state index in [2.05, 4.69) is 27.7 Å². The van der Waals surface area contributed by atoms with Crippen molar-refractivity contribution in [3.05, 3.63) is 0 Å². The van der Waals surface area contributed by atoms with Gasteiger partial charge >= 0.3 is 0 Å². The first-order chi connectivity index (χ1) is 4.38. The maximum atomic E-state index is 9.59. The SMILES string of the molecule is CC1(C)CCC(O)C1(C)C. The Labute approximate surface area is 63.4 Å². The first-order valence-corrected chi connectivity index (χ1v) is 4.06. The lowest BCUT2D eigenvalue weighted by atomic mass is 9.70. The van der Waals surface area contributed by atoms with Crippen LogP contribution in [0, 0.1) is 10.8 Å². The zero-order valence-corrected chi connectivity index (χ0v) is 7.44. The van der Waals surface area contributed by atoms with Crippen LogP contribution >= 0.6 is 0 Å². The number of aliphatic hydroxyl groups excluding tert-OH is 1. The maximum Gasteiger partial charge on any atom is 0.0596 e. The molecule has 0 amide bonds. The van der Waals surface area contributed by atoms with Gasteiger partial charge in [0, 0.05) is 0 Å². The van der Waals surface area contributed by atoms with Crippen molar-refractivity contribution in [1.29, 1.82) is 0 Å². The molecule has 1 unspecified atom stereocenters. The van der Waals surface area contributed by atoms with E-state index in [0.717, 1.165) is 12.8 Å². The Bertz CT molecular complexity index is 136. The summed E-state index contributed by atoms with van der Waals surface area (Å²) in [5.41, 5.74) is 0.416. The third-order valence-corrected chi connectivity index (χ3v) is 3.62. The van der Waals surface area contributed by atoms with Crippen molar-refractivity contribution in [2.24, 2.45) is 10.8 Å². The van der Waals surface area contributed by atoms with Crippen molar-refractivity contribution in [1.82, 2.24) is 0 Å². The number of hydrogen-bond acceptors (Lipinski definition) is 1. The molecule has 1 saturated carbocycles. The Morgan fingerprint density at radius 1 is 1.20 bits per heavy atom. The van der Waals surface area contributed by atoms with Gasteiger partial charge in [0.1, 0.15) is 0 Å². The van der Waals surface area contributed by atoms with E-state index in [1.165, 1.54) is 0 Å². The van der Waals surface area contributed by atoms with Crippen LogP contribution in [0.5, 0.6) is 0 Å². The molecule has 1 N–H and O–H groups in total. The molecule has 0 aromatic heterocycles. The molecule has 0 aromatic carbocycles. The minimum absolute atomic E-state index is 0.0949. The molecule has 1 heteroatoms. The van der Waals surface area contributed by atoms with Crippen LogP contribution in [0.2, 0.25) is 0 Å². The van der Waals surface area contributed by atoms with Gasteiger partial charge in [-0.1, -0.05) is 27.7 Å². The van der Waals surface area contributed by atoms with Crippen LogP contribution in [0.3, 0.4) is 0 Å². The quantitative estimate of drug-likeness (QED) is 0.549. The van der Waals surface area contributed by atoms with Gasteiger partial charge in [-0.25, -0.2) is 0 Å². The van der Waals surface area contributed by atoms with Gasteiger partial charge in [-0.15, -0.1) is 0 Å². The van der Waals surface area contributed by atoms with Gasteiger partial charge in [0.05, 0.1) is 6.10 Å². The Hall–Kier alpha value is -0.0400. The minimum Gasteiger partial charge on any atom is -0.393 e. The lowest BCUT2D eigenvalue weighted by Crippen LogP contribution is -2.34. The topological polar surface area (TPSA) is 20.2 Å². The van der Waals surface area contributed by atoms with E-state index in [9.17, 15) is 5.11 Å². The van der Waals surface area contributed by atoms with Crippen LogP contribution in [0.15, 0.2) is 0 Å². The fraction of sp³-hybridized carbons (Fsp3) is 1.00. The lowest BCUT2D eigenvalue weighted by molar-refractivity contribution is 0.0212. The molecule has 1 fully saturated rings. The third-order valence-electron chi connectivity index (χ3n) is 3.62. The molecule has 0 heterocycles. The average molecular weight is 142 g/mol. The minimum atomic E-state index is -0.0949. The van der Waals surface area contributed by atoms with E-state index in [-0.39, 0.29) is 11.5 Å².